The highest BCUT2D eigenvalue weighted by Crippen LogP contribution is 1.96. The lowest BCUT2D eigenvalue weighted by Gasteiger charge is -2.12. The van der Waals surface area contributed by atoms with E-state index in [1.165, 1.54) is 0 Å². The highest BCUT2D eigenvalue weighted by atomic mass is 16.4. The van der Waals surface area contributed by atoms with E-state index in [4.69, 9.17) is 21.4 Å². The van der Waals surface area contributed by atoms with E-state index in [9.17, 15) is 9.59 Å². The molecule has 16 heavy (non-hydrogen) atoms. The van der Waals surface area contributed by atoms with Crippen molar-refractivity contribution in [1.82, 2.24) is 10.6 Å². The molecular weight excluding hydrogens is 216 g/mol. The Kier molecular flexibility index (Phi) is 6.61. The first-order valence-electron chi connectivity index (χ1n) is 4.69. The van der Waals surface area contributed by atoms with E-state index in [1.807, 2.05) is 0 Å². The molecule has 0 heterocycles. The summed E-state index contributed by atoms with van der Waals surface area (Å²) in [7, 11) is 0. The Morgan fingerprint density at radius 3 is 2.44 bits per heavy atom. The molecule has 0 spiro atoms. The smallest absolute Gasteiger partial charge is 0.320 e. The molecule has 0 bridgehead atoms. The Morgan fingerprint density at radius 1 is 1.38 bits per heavy atom. The fourth-order valence-electron chi connectivity index (χ4n) is 1.05. The van der Waals surface area contributed by atoms with E-state index in [2.05, 4.69) is 10.6 Å². The topological polar surface area (TPSA) is 149 Å². The van der Waals surface area contributed by atoms with Gasteiger partial charge in [-0.3, -0.25) is 20.3 Å². The van der Waals surface area contributed by atoms with Gasteiger partial charge in [0.1, 0.15) is 6.04 Å². The van der Waals surface area contributed by atoms with Crippen molar-refractivity contribution in [3.05, 3.63) is 0 Å². The van der Waals surface area contributed by atoms with Crippen molar-refractivity contribution in [2.24, 2.45) is 5.73 Å². The van der Waals surface area contributed by atoms with Crippen LogP contribution in [0, 0.1) is 5.41 Å². The van der Waals surface area contributed by atoms with E-state index in [0.29, 0.717) is 13.0 Å². The lowest BCUT2D eigenvalue weighted by atomic mass is 10.1. The number of carboxylic acid groups (broad SMARTS) is 2. The van der Waals surface area contributed by atoms with Crippen LogP contribution in [-0.4, -0.2) is 47.2 Å². The molecule has 8 nitrogen and oxygen atoms in total. The molecule has 0 aliphatic carbocycles. The molecule has 0 aromatic heterocycles. The van der Waals surface area contributed by atoms with Crippen molar-refractivity contribution in [3.8, 4) is 0 Å². The van der Waals surface area contributed by atoms with Crippen molar-refractivity contribution in [3.63, 3.8) is 0 Å². The molecule has 0 amide bonds. The summed E-state index contributed by atoms with van der Waals surface area (Å²) in [5.41, 5.74) is 5.03. The number of carboxylic acids is 2. The van der Waals surface area contributed by atoms with Gasteiger partial charge in [-0.1, -0.05) is 0 Å². The van der Waals surface area contributed by atoms with Gasteiger partial charge >= 0.3 is 11.9 Å². The van der Waals surface area contributed by atoms with Crippen LogP contribution in [0.15, 0.2) is 0 Å². The van der Waals surface area contributed by atoms with Crippen molar-refractivity contribution in [1.29, 1.82) is 5.41 Å². The Balaban J connectivity index is 3.81. The average Bonchev–Trinajstić information content (AvgIpc) is 2.15. The molecule has 0 aromatic carbocycles. The zero-order chi connectivity index (χ0) is 12.6. The largest absolute Gasteiger partial charge is 0.480 e. The van der Waals surface area contributed by atoms with E-state index in [-0.39, 0.29) is 12.4 Å². The molecule has 0 fully saturated rings. The van der Waals surface area contributed by atoms with Crippen LogP contribution >= 0.6 is 0 Å². The molecule has 0 saturated heterocycles. The first-order valence-corrected chi connectivity index (χ1v) is 4.69. The number of guanidine groups is 1. The van der Waals surface area contributed by atoms with Crippen LogP contribution < -0.4 is 16.4 Å². The van der Waals surface area contributed by atoms with Gasteiger partial charge in [0.25, 0.3) is 0 Å². The van der Waals surface area contributed by atoms with Crippen molar-refractivity contribution in [2.45, 2.75) is 18.9 Å². The Hall–Kier alpha value is -1.83. The molecule has 1 unspecified atom stereocenters. The third kappa shape index (κ3) is 7.56. The fraction of sp³-hybridized carbons (Fsp3) is 0.625. The minimum Gasteiger partial charge on any atom is -0.480 e. The summed E-state index contributed by atoms with van der Waals surface area (Å²) in [4.78, 5) is 20.9. The summed E-state index contributed by atoms with van der Waals surface area (Å²) in [5.74, 6) is -2.37. The Labute approximate surface area is 92.3 Å². The summed E-state index contributed by atoms with van der Waals surface area (Å²) >= 11 is 0. The summed E-state index contributed by atoms with van der Waals surface area (Å²) in [5, 5.41) is 28.9. The van der Waals surface area contributed by atoms with E-state index in [1.54, 1.807) is 0 Å². The second kappa shape index (κ2) is 7.46. The van der Waals surface area contributed by atoms with Gasteiger partial charge in [0.2, 0.25) is 0 Å². The van der Waals surface area contributed by atoms with Crippen LogP contribution in [0.4, 0.5) is 0 Å². The lowest BCUT2D eigenvalue weighted by Crippen LogP contribution is -2.40. The molecule has 7 N–H and O–H groups in total. The van der Waals surface area contributed by atoms with Gasteiger partial charge in [0.15, 0.2) is 5.96 Å². The molecule has 0 rings (SSSR count). The Bertz CT molecular complexity index is 269. The van der Waals surface area contributed by atoms with Crippen LogP contribution in [0.25, 0.3) is 0 Å². The SMILES string of the molecule is N=C(N)NCCCC(NCC(=O)O)C(=O)O. The van der Waals surface area contributed by atoms with Crippen LogP contribution in [-0.2, 0) is 9.59 Å². The maximum Gasteiger partial charge on any atom is 0.320 e. The van der Waals surface area contributed by atoms with Crippen LogP contribution in [0.5, 0.6) is 0 Å². The van der Waals surface area contributed by atoms with Gasteiger partial charge in [0.05, 0.1) is 6.54 Å². The zero-order valence-corrected chi connectivity index (χ0v) is 8.69. The molecule has 0 saturated carbocycles. The zero-order valence-electron chi connectivity index (χ0n) is 8.69. The average molecular weight is 232 g/mol. The van der Waals surface area contributed by atoms with Crippen molar-refractivity contribution < 1.29 is 19.8 Å². The summed E-state index contributed by atoms with van der Waals surface area (Å²) in [6.45, 7) is -0.00896. The van der Waals surface area contributed by atoms with Gasteiger partial charge in [-0.15, -0.1) is 0 Å². The monoisotopic (exact) mass is 232 g/mol. The first kappa shape index (κ1) is 14.2. The normalized spacial score (nSPS) is 11.8. The molecular formula is C8H16N4O4. The maximum absolute atomic E-state index is 10.7. The van der Waals surface area contributed by atoms with E-state index < -0.39 is 24.5 Å². The quantitative estimate of drug-likeness (QED) is 0.167. The minimum absolute atomic E-state index is 0.176. The summed E-state index contributed by atoms with van der Waals surface area (Å²) in [6, 6.07) is -0.898. The highest BCUT2D eigenvalue weighted by Gasteiger charge is 2.16. The first-order chi connectivity index (χ1) is 7.43. The number of nitrogens with one attached hydrogen (secondary N) is 3. The summed E-state index contributed by atoms with van der Waals surface area (Å²) < 4.78 is 0. The van der Waals surface area contributed by atoms with Crippen LogP contribution in [0.1, 0.15) is 12.8 Å². The van der Waals surface area contributed by atoms with Gasteiger partial charge in [-0.2, -0.15) is 0 Å². The molecule has 0 radical (unpaired) electrons. The molecule has 8 heteroatoms. The second-order valence-electron chi connectivity index (χ2n) is 3.15. The number of hydrogen-bond acceptors (Lipinski definition) is 4. The van der Waals surface area contributed by atoms with Crippen molar-refractivity contribution in [2.75, 3.05) is 13.1 Å². The molecule has 0 aromatic rings. The minimum atomic E-state index is -1.10. The highest BCUT2D eigenvalue weighted by molar-refractivity contribution is 5.75. The predicted octanol–water partition coefficient (Wildman–Crippen LogP) is -1.62. The Morgan fingerprint density at radius 2 is 2.00 bits per heavy atom. The summed E-state index contributed by atoms with van der Waals surface area (Å²) in [6.07, 6.45) is 0.742. The van der Waals surface area contributed by atoms with Gasteiger partial charge in [0, 0.05) is 6.54 Å². The second-order valence-corrected chi connectivity index (χ2v) is 3.15. The number of carbonyl (C=O) groups is 2. The standard InChI is InChI=1S/C8H16N4O4/c9-8(10)11-3-1-2-5(7(15)16)12-4-6(13)14/h5,12H,1-4H2,(H,13,14)(H,15,16)(H4,9,10,11). The molecule has 92 valence electrons. The van der Waals surface area contributed by atoms with Gasteiger partial charge in [-0.25, -0.2) is 0 Å². The van der Waals surface area contributed by atoms with Crippen molar-refractivity contribution >= 4 is 17.9 Å². The molecule has 1 atom stereocenters. The number of nitrogens with two attached hydrogens (primary N) is 1. The van der Waals surface area contributed by atoms with Crippen LogP contribution in [0.3, 0.4) is 0 Å². The number of hydrogen-bond donors (Lipinski definition) is 6. The fourth-order valence-corrected chi connectivity index (χ4v) is 1.05. The predicted molar refractivity (Wildman–Crippen MR) is 56.2 cm³/mol. The lowest BCUT2D eigenvalue weighted by molar-refractivity contribution is -0.140. The van der Waals surface area contributed by atoms with E-state index >= 15 is 0 Å². The van der Waals surface area contributed by atoms with Gasteiger partial charge in [-0.05, 0) is 12.8 Å². The van der Waals surface area contributed by atoms with E-state index in [0.717, 1.165) is 0 Å². The third-order valence-electron chi connectivity index (χ3n) is 1.78. The molecule has 0 aliphatic heterocycles. The molecule has 0 aliphatic rings. The third-order valence-corrected chi connectivity index (χ3v) is 1.78. The number of rotatable bonds is 8. The van der Waals surface area contributed by atoms with Crippen LogP contribution in [0.2, 0.25) is 0 Å². The van der Waals surface area contributed by atoms with Gasteiger partial charge < -0.3 is 21.3 Å². The maximum atomic E-state index is 10.7. The number of aliphatic carboxylic acids is 2.